The van der Waals surface area contributed by atoms with Crippen LogP contribution in [-0.2, 0) is 0 Å². The summed E-state index contributed by atoms with van der Waals surface area (Å²) in [6.07, 6.45) is 2.93. The quantitative estimate of drug-likeness (QED) is 0.435. The molecule has 2 heterocycles. The lowest BCUT2D eigenvalue weighted by Crippen LogP contribution is -2.04. The molecule has 80 valence electrons. The molecule has 16 heavy (non-hydrogen) atoms. The van der Waals surface area contributed by atoms with Crippen LogP contribution in [0.2, 0.25) is 0 Å². The number of hydrogen-bond donors (Lipinski definition) is 0. The van der Waals surface area contributed by atoms with Gasteiger partial charge in [-0.25, -0.2) is 9.67 Å². The standard InChI is InChI=1S/C9H6N4O3/c14-6-8-7(13(15)16)5-11-12(8)9-3-1-2-4-10-9/h1-6H. The van der Waals surface area contributed by atoms with Gasteiger partial charge in [0.15, 0.2) is 17.8 Å². The van der Waals surface area contributed by atoms with Crippen molar-refractivity contribution >= 4 is 12.0 Å². The van der Waals surface area contributed by atoms with Crippen LogP contribution >= 0.6 is 0 Å². The Labute approximate surface area is 89.5 Å². The first-order valence-electron chi connectivity index (χ1n) is 4.33. The van der Waals surface area contributed by atoms with Crippen molar-refractivity contribution in [1.82, 2.24) is 14.8 Å². The molecule has 7 nitrogen and oxygen atoms in total. The summed E-state index contributed by atoms with van der Waals surface area (Å²) in [6.45, 7) is 0. The van der Waals surface area contributed by atoms with Crippen LogP contribution in [0.5, 0.6) is 0 Å². The zero-order valence-corrected chi connectivity index (χ0v) is 7.98. The van der Waals surface area contributed by atoms with Crippen LogP contribution in [0.15, 0.2) is 30.6 Å². The van der Waals surface area contributed by atoms with Gasteiger partial charge in [-0.1, -0.05) is 6.07 Å². The highest BCUT2D eigenvalue weighted by molar-refractivity contribution is 5.79. The van der Waals surface area contributed by atoms with E-state index in [0.29, 0.717) is 12.1 Å². The predicted octanol–water partition coefficient (Wildman–Crippen LogP) is 0.988. The SMILES string of the molecule is O=Cc1c([N+](=O)[O-])cnn1-c1ccccn1. The van der Waals surface area contributed by atoms with E-state index in [4.69, 9.17) is 0 Å². The van der Waals surface area contributed by atoms with Crippen molar-refractivity contribution in [3.05, 3.63) is 46.4 Å². The molecule has 0 fully saturated rings. The third-order valence-corrected chi connectivity index (χ3v) is 1.96. The Morgan fingerprint density at radius 3 is 2.81 bits per heavy atom. The maximum atomic E-state index is 10.8. The van der Waals surface area contributed by atoms with Crippen LogP contribution in [0, 0.1) is 10.1 Å². The lowest BCUT2D eigenvalue weighted by molar-refractivity contribution is -0.385. The van der Waals surface area contributed by atoms with Gasteiger partial charge >= 0.3 is 5.69 Å². The molecule has 0 radical (unpaired) electrons. The van der Waals surface area contributed by atoms with E-state index in [9.17, 15) is 14.9 Å². The van der Waals surface area contributed by atoms with E-state index >= 15 is 0 Å². The zero-order valence-electron chi connectivity index (χ0n) is 7.98. The molecule has 0 aliphatic carbocycles. The Kier molecular flexibility index (Phi) is 2.42. The molecule has 0 spiro atoms. The number of nitrogens with zero attached hydrogens (tertiary/aromatic N) is 4. The van der Waals surface area contributed by atoms with E-state index < -0.39 is 4.92 Å². The number of nitro groups is 1. The molecular weight excluding hydrogens is 212 g/mol. The molecule has 0 amide bonds. The molecule has 2 rings (SSSR count). The maximum absolute atomic E-state index is 10.8. The molecular formula is C9H6N4O3. The van der Waals surface area contributed by atoms with Gasteiger partial charge in [0.05, 0.1) is 4.92 Å². The van der Waals surface area contributed by atoms with E-state index in [2.05, 4.69) is 10.1 Å². The number of aldehydes is 1. The minimum atomic E-state index is -0.657. The fraction of sp³-hybridized carbons (Fsp3) is 0. The van der Waals surface area contributed by atoms with Crippen molar-refractivity contribution in [2.75, 3.05) is 0 Å². The third kappa shape index (κ3) is 1.54. The van der Waals surface area contributed by atoms with Gasteiger partial charge in [0.1, 0.15) is 6.20 Å². The summed E-state index contributed by atoms with van der Waals surface area (Å²) in [6, 6.07) is 5.00. The Bertz CT molecular complexity index is 535. The Hall–Kier alpha value is -2.57. The highest BCUT2D eigenvalue weighted by Crippen LogP contribution is 2.18. The number of aromatic nitrogens is 3. The molecule has 0 aromatic carbocycles. The highest BCUT2D eigenvalue weighted by atomic mass is 16.6. The van der Waals surface area contributed by atoms with Gasteiger partial charge in [0.25, 0.3) is 0 Å². The summed E-state index contributed by atoms with van der Waals surface area (Å²) in [7, 11) is 0. The summed E-state index contributed by atoms with van der Waals surface area (Å²) in [5.74, 6) is 0.359. The molecule has 0 saturated carbocycles. The number of pyridine rings is 1. The number of rotatable bonds is 3. The largest absolute Gasteiger partial charge is 0.318 e. The van der Waals surface area contributed by atoms with Gasteiger partial charge < -0.3 is 0 Å². The lowest BCUT2D eigenvalue weighted by Gasteiger charge is -1.99. The van der Waals surface area contributed by atoms with Gasteiger partial charge in [0, 0.05) is 6.20 Å². The van der Waals surface area contributed by atoms with Crippen LogP contribution in [-0.4, -0.2) is 26.0 Å². The van der Waals surface area contributed by atoms with E-state index in [0.717, 1.165) is 10.9 Å². The van der Waals surface area contributed by atoms with Crippen LogP contribution in [0.1, 0.15) is 10.5 Å². The first kappa shape index (κ1) is 9.97. The topological polar surface area (TPSA) is 90.9 Å². The second kappa shape index (κ2) is 3.89. The van der Waals surface area contributed by atoms with E-state index in [1.54, 1.807) is 18.2 Å². The highest BCUT2D eigenvalue weighted by Gasteiger charge is 2.20. The second-order valence-electron chi connectivity index (χ2n) is 2.89. The molecule has 2 aromatic rings. The van der Waals surface area contributed by atoms with Crippen LogP contribution < -0.4 is 0 Å². The summed E-state index contributed by atoms with van der Waals surface area (Å²) in [5.41, 5.74) is -0.454. The van der Waals surface area contributed by atoms with Gasteiger partial charge in [-0.3, -0.25) is 14.9 Å². The fourth-order valence-electron chi connectivity index (χ4n) is 1.26. The number of hydrogen-bond acceptors (Lipinski definition) is 5. The van der Waals surface area contributed by atoms with E-state index in [1.165, 1.54) is 6.20 Å². The normalized spacial score (nSPS) is 10.0. The maximum Gasteiger partial charge on any atom is 0.318 e. The van der Waals surface area contributed by atoms with Crippen molar-refractivity contribution in [1.29, 1.82) is 0 Å². The Balaban J connectivity index is 2.59. The van der Waals surface area contributed by atoms with Gasteiger partial charge in [-0.15, -0.1) is 0 Å². The van der Waals surface area contributed by atoms with E-state index in [1.807, 2.05) is 0 Å². The predicted molar refractivity (Wildman–Crippen MR) is 53.4 cm³/mol. The van der Waals surface area contributed by atoms with Crippen molar-refractivity contribution in [2.45, 2.75) is 0 Å². The molecule has 0 aliphatic rings. The smallest absolute Gasteiger partial charge is 0.296 e. The van der Waals surface area contributed by atoms with Crippen molar-refractivity contribution < 1.29 is 9.72 Å². The molecule has 0 N–H and O–H groups in total. The number of carbonyl (C=O) groups is 1. The average molecular weight is 218 g/mol. The van der Waals surface area contributed by atoms with Crippen LogP contribution in [0.4, 0.5) is 5.69 Å². The summed E-state index contributed by atoms with van der Waals surface area (Å²) in [5, 5.41) is 14.4. The van der Waals surface area contributed by atoms with Crippen molar-refractivity contribution in [3.63, 3.8) is 0 Å². The minimum absolute atomic E-state index is 0.122. The van der Waals surface area contributed by atoms with Gasteiger partial charge in [0.2, 0.25) is 0 Å². The second-order valence-corrected chi connectivity index (χ2v) is 2.89. The van der Waals surface area contributed by atoms with Gasteiger partial charge in [-0.2, -0.15) is 5.10 Å². The van der Waals surface area contributed by atoms with Gasteiger partial charge in [-0.05, 0) is 12.1 Å². The monoisotopic (exact) mass is 218 g/mol. The van der Waals surface area contributed by atoms with E-state index in [-0.39, 0.29) is 11.4 Å². The Morgan fingerprint density at radius 2 is 2.25 bits per heavy atom. The molecule has 0 bridgehead atoms. The molecule has 0 saturated heterocycles. The summed E-state index contributed by atoms with van der Waals surface area (Å²) >= 11 is 0. The molecule has 0 aliphatic heterocycles. The third-order valence-electron chi connectivity index (χ3n) is 1.96. The average Bonchev–Trinajstić information content (AvgIpc) is 2.73. The first-order valence-corrected chi connectivity index (χ1v) is 4.33. The van der Waals surface area contributed by atoms with Crippen LogP contribution in [0.3, 0.4) is 0 Å². The fourth-order valence-corrected chi connectivity index (χ4v) is 1.26. The summed E-state index contributed by atoms with van der Waals surface area (Å²) < 4.78 is 1.13. The number of carbonyl (C=O) groups excluding carboxylic acids is 1. The lowest BCUT2D eigenvalue weighted by atomic mass is 10.4. The van der Waals surface area contributed by atoms with Crippen LogP contribution in [0.25, 0.3) is 5.82 Å². The Morgan fingerprint density at radius 1 is 1.44 bits per heavy atom. The minimum Gasteiger partial charge on any atom is -0.296 e. The zero-order chi connectivity index (χ0) is 11.5. The molecule has 0 atom stereocenters. The molecule has 0 unspecified atom stereocenters. The first-order chi connectivity index (χ1) is 7.74. The molecule has 7 heteroatoms. The summed E-state index contributed by atoms with van der Waals surface area (Å²) in [4.78, 5) is 24.7. The molecule has 2 aromatic heterocycles. The van der Waals surface area contributed by atoms with Crippen molar-refractivity contribution in [3.8, 4) is 5.82 Å². The van der Waals surface area contributed by atoms with Crippen molar-refractivity contribution in [2.24, 2.45) is 0 Å².